The molecule has 0 aliphatic rings. The van der Waals surface area contributed by atoms with Gasteiger partial charge in [0.2, 0.25) is 0 Å². The van der Waals surface area contributed by atoms with E-state index in [4.69, 9.17) is 11.6 Å². The van der Waals surface area contributed by atoms with Crippen LogP contribution in [-0.4, -0.2) is 4.98 Å². The van der Waals surface area contributed by atoms with E-state index < -0.39 is 0 Å². The smallest absolute Gasteiger partial charge is 0.129 e. The Morgan fingerprint density at radius 2 is 2.06 bits per heavy atom. The van der Waals surface area contributed by atoms with Crippen molar-refractivity contribution >= 4 is 17.4 Å². The van der Waals surface area contributed by atoms with Crippen LogP contribution < -0.4 is 5.32 Å². The predicted molar refractivity (Wildman–Crippen MR) is 63.0 cm³/mol. The first-order valence-electron chi connectivity index (χ1n) is 4.85. The maximum atomic E-state index is 13.4. The number of rotatable bonds is 3. The third-order valence-electron chi connectivity index (χ3n) is 2.17. The first-order valence-corrected chi connectivity index (χ1v) is 5.23. The Balaban J connectivity index is 2.11. The van der Waals surface area contributed by atoms with Crippen molar-refractivity contribution in [3.8, 4) is 0 Å². The number of aromatic nitrogens is 1. The van der Waals surface area contributed by atoms with E-state index in [2.05, 4.69) is 10.3 Å². The third kappa shape index (κ3) is 2.49. The summed E-state index contributed by atoms with van der Waals surface area (Å²) in [5, 5.41) is 3.43. The molecule has 0 spiro atoms. The van der Waals surface area contributed by atoms with Crippen LogP contribution in [-0.2, 0) is 6.54 Å². The highest BCUT2D eigenvalue weighted by atomic mass is 35.5. The van der Waals surface area contributed by atoms with Crippen LogP contribution in [0.1, 0.15) is 5.56 Å². The summed E-state index contributed by atoms with van der Waals surface area (Å²) >= 11 is 5.90. The number of pyridine rings is 1. The van der Waals surface area contributed by atoms with Gasteiger partial charge >= 0.3 is 0 Å². The van der Waals surface area contributed by atoms with Crippen molar-refractivity contribution in [1.82, 2.24) is 4.98 Å². The van der Waals surface area contributed by atoms with E-state index >= 15 is 0 Å². The zero-order valence-corrected chi connectivity index (χ0v) is 9.21. The Bertz CT molecular complexity index is 453. The summed E-state index contributed by atoms with van der Waals surface area (Å²) in [5.74, 6) is 0.387. The molecule has 2 nitrogen and oxygen atoms in total. The summed E-state index contributed by atoms with van der Waals surface area (Å²) in [6, 6.07) is 10.1. The Hall–Kier alpha value is -1.61. The van der Waals surface area contributed by atoms with Crippen LogP contribution in [0.4, 0.5) is 10.2 Å². The second-order valence-corrected chi connectivity index (χ2v) is 3.68. The zero-order valence-electron chi connectivity index (χ0n) is 8.45. The molecule has 0 amide bonds. The van der Waals surface area contributed by atoms with Gasteiger partial charge in [-0.1, -0.05) is 23.7 Å². The van der Waals surface area contributed by atoms with Crippen molar-refractivity contribution in [2.24, 2.45) is 0 Å². The fourth-order valence-electron chi connectivity index (χ4n) is 1.35. The van der Waals surface area contributed by atoms with E-state index in [0.29, 0.717) is 22.9 Å². The minimum Gasteiger partial charge on any atom is -0.366 e. The molecule has 0 saturated heterocycles. The van der Waals surface area contributed by atoms with E-state index in [-0.39, 0.29) is 5.82 Å². The van der Waals surface area contributed by atoms with E-state index in [9.17, 15) is 4.39 Å². The van der Waals surface area contributed by atoms with Gasteiger partial charge in [0, 0.05) is 23.3 Å². The number of halogens is 2. The lowest BCUT2D eigenvalue weighted by molar-refractivity contribution is 0.613. The monoisotopic (exact) mass is 236 g/mol. The Kier molecular flexibility index (Phi) is 3.37. The van der Waals surface area contributed by atoms with Gasteiger partial charge in [0.25, 0.3) is 0 Å². The molecule has 16 heavy (non-hydrogen) atoms. The maximum Gasteiger partial charge on any atom is 0.129 e. The number of hydrogen-bond acceptors (Lipinski definition) is 2. The van der Waals surface area contributed by atoms with Gasteiger partial charge in [0.1, 0.15) is 11.6 Å². The van der Waals surface area contributed by atoms with E-state index in [1.807, 2.05) is 18.2 Å². The Morgan fingerprint density at radius 3 is 2.75 bits per heavy atom. The van der Waals surface area contributed by atoms with Gasteiger partial charge in [0.15, 0.2) is 0 Å². The van der Waals surface area contributed by atoms with Gasteiger partial charge in [-0.25, -0.2) is 9.37 Å². The lowest BCUT2D eigenvalue weighted by Crippen LogP contribution is -2.03. The summed E-state index contributed by atoms with van der Waals surface area (Å²) in [6.07, 6.45) is 1.67. The van der Waals surface area contributed by atoms with Crippen molar-refractivity contribution in [2.45, 2.75) is 6.54 Å². The van der Waals surface area contributed by atoms with Crippen molar-refractivity contribution in [2.75, 3.05) is 5.32 Å². The SMILES string of the molecule is Fc1cccc(Cl)c1CNc1ccccn1. The number of nitrogens with one attached hydrogen (secondary N) is 1. The summed E-state index contributed by atoms with van der Waals surface area (Å²) < 4.78 is 13.4. The molecule has 0 aliphatic carbocycles. The molecule has 0 radical (unpaired) electrons. The molecule has 1 aromatic heterocycles. The number of anilines is 1. The van der Waals surface area contributed by atoms with Crippen LogP contribution >= 0.6 is 11.6 Å². The van der Waals surface area contributed by atoms with Gasteiger partial charge in [0.05, 0.1) is 0 Å². The Morgan fingerprint density at radius 1 is 1.19 bits per heavy atom. The summed E-state index contributed by atoms with van der Waals surface area (Å²) in [5.41, 5.74) is 0.454. The summed E-state index contributed by atoms with van der Waals surface area (Å²) in [6.45, 7) is 0.322. The van der Waals surface area contributed by atoms with Crippen molar-refractivity contribution in [3.05, 3.63) is 59.0 Å². The zero-order chi connectivity index (χ0) is 11.4. The number of nitrogens with zero attached hydrogens (tertiary/aromatic N) is 1. The first-order chi connectivity index (χ1) is 7.77. The highest BCUT2D eigenvalue weighted by molar-refractivity contribution is 6.31. The minimum atomic E-state index is -0.309. The maximum absolute atomic E-state index is 13.4. The molecular formula is C12H10ClFN2. The molecule has 1 aromatic carbocycles. The van der Waals surface area contributed by atoms with Gasteiger partial charge in [-0.05, 0) is 24.3 Å². The summed E-state index contributed by atoms with van der Waals surface area (Å²) in [7, 11) is 0. The average molecular weight is 237 g/mol. The van der Waals surface area contributed by atoms with Crippen LogP contribution in [0, 0.1) is 5.82 Å². The molecule has 0 saturated carbocycles. The van der Waals surface area contributed by atoms with E-state index in [1.54, 1.807) is 18.3 Å². The molecule has 0 atom stereocenters. The molecule has 1 heterocycles. The predicted octanol–water partition coefficient (Wildman–Crippen LogP) is 3.49. The Labute approximate surface area is 98.1 Å². The molecular weight excluding hydrogens is 227 g/mol. The minimum absolute atomic E-state index is 0.309. The van der Waals surface area contributed by atoms with Gasteiger partial charge in [-0.2, -0.15) is 0 Å². The standard InChI is InChI=1S/C12H10ClFN2/c13-10-4-3-5-11(14)9(10)8-16-12-6-1-2-7-15-12/h1-7H,8H2,(H,15,16). The van der Waals surface area contributed by atoms with Gasteiger partial charge < -0.3 is 5.32 Å². The van der Waals surface area contributed by atoms with E-state index in [0.717, 1.165) is 0 Å². The molecule has 2 rings (SSSR count). The van der Waals surface area contributed by atoms with Crippen LogP contribution in [0.25, 0.3) is 0 Å². The van der Waals surface area contributed by atoms with E-state index in [1.165, 1.54) is 6.07 Å². The molecule has 0 bridgehead atoms. The number of hydrogen-bond donors (Lipinski definition) is 1. The van der Waals surface area contributed by atoms with Crippen molar-refractivity contribution < 1.29 is 4.39 Å². The molecule has 4 heteroatoms. The largest absolute Gasteiger partial charge is 0.366 e. The highest BCUT2D eigenvalue weighted by Gasteiger charge is 2.06. The molecule has 0 aliphatic heterocycles. The number of benzene rings is 1. The second-order valence-electron chi connectivity index (χ2n) is 3.27. The van der Waals surface area contributed by atoms with Gasteiger partial charge in [-0.15, -0.1) is 0 Å². The molecule has 82 valence electrons. The molecule has 0 fully saturated rings. The van der Waals surface area contributed by atoms with Crippen LogP contribution in [0.15, 0.2) is 42.6 Å². The van der Waals surface area contributed by atoms with Crippen LogP contribution in [0.5, 0.6) is 0 Å². The molecule has 2 aromatic rings. The fraction of sp³-hybridized carbons (Fsp3) is 0.0833. The molecule has 1 N–H and O–H groups in total. The summed E-state index contributed by atoms with van der Waals surface area (Å²) in [4.78, 5) is 4.08. The lowest BCUT2D eigenvalue weighted by atomic mass is 10.2. The molecule has 0 unspecified atom stereocenters. The van der Waals surface area contributed by atoms with Crippen LogP contribution in [0.3, 0.4) is 0 Å². The second kappa shape index (κ2) is 4.94. The highest BCUT2D eigenvalue weighted by Crippen LogP contribution is 2.19. The lowest BCUT2D eigenvalue weighted by Gasteiger charge is -2.07. The van der Waals surface area contributed by atoms with Crippen molar-refractivity contribution in [3.63, 3.8) is 0 Å². The fourth-order valence-corrected chi connectivity index (χ4v) is 1.58. The quantitative estimate of drug-likeness (QED) is 0.883. The first kappa shape index (κ1) is 10.9. The third-order valence-corrected chi connectivity index (χ3v) is 2.53. The van der Waals surface area contributed by atoms with Crippen molar-refractivity contribution in [1.29, 1.82) is 0 Å². The average Bonchev–Trinajstić information content (AvgIpc) is 2.30. The van der Waals surface area contributed by atoms with Crippen LogP contribution in [0.2, 0.25) is 5.02 Å². The normalized spacial score (nSPS) is 10.1. The topological polar surface area (TPSA) is 24.9 Å². The van der Waals surface area contributed by atoms with Gasteiger partial charge in [-0.3, -0.25) is 0 Å².